The fourth-order valence-electron chi connectivity index (χ4n) is 1.44. The molecule has 0 unspecified atom stereocenters. The van der Waals surface area contributed by atoms with Crippen molar-refractivity contribution >= 4 is 5.78 Å². The second-order valence-corrected chi connectivity index (χ2v) is 4.16. The summed E-state index contributed by atoms with van der Waals surface area (Å²) < 4.78 is 0. The first-order valence-corrected chi connectivity index (χ1v) is 4.86. The van der Waals surface area contributed by atoms with Gasteiger partial charge >= 0.3 is 0 Å². The first kappa shape index (κ1) is 9.72. The highest BCUT2D eigenvalue weighted by Gasteiger charge is 2.27. The van der Waals surface area contributed by atoms with E-state index in [1.54, 1.807) is 6.92 Å². The summed E-state index contributed by atoms with van der Waals surface area (Å²) in [5, 5.41) is 3.30. The predicted octanol–water partition coefficient (Wildman–Crippen LogP) is 1.74. The molecule has 0 aromatic rings. The van der Waals surface area contributed by atoms with Gasteiger partial charge in [0, 0.05) is 6.04 Å². The van der Waals surface area contributed by atoms with Crippen molar-refractivity contribution in [1.29, 1.82) is 0 Å². The van der Waals surface area contributed by atoms with Gasteiger partial charge in [0.25, 0.3) is 0 Å². The van der Waals surface area contributed by atoms with Crippen LogP contribution < -0.4 is 5.32 Å². The number of hydrogen-bond donors (Lipinski definition) is 1. The normalized spacial score (nSPS) is 19.7. The number of carbonyl (C=O) groups excluding carboxylic acids is 1. The van der Waals surface area contributed by atoms with Crippen LogP contribution >= 0.6 is 0 Å². The zero-order valence-corrected chi connectivity index (χ0v) is 8.26. The Morgan fingerprint density at radius 1 is 1.50 bits per heavy atom. The fraction of sp³-hybridized carbons (Fsp3) is 0.900. The molecule has 0 saturated heterocycles. The van der Waals surface area contributed by atoms with Crippen LogP contribution in [0.1, 0.15) is 40.0 Å². The molecule has 1 fully saturated rings. The smallest absolute Gasteiger partial charge is 0.146 e. The van der Waals surface area contributed by atoms with Crippen molar-refractivity contribution < 1.29 is 4.79 Å². The van der Waals surface area contributed by atoms with E-state index in [1.807, 2.05) is 0 Å². The van der Waals surface area contributed by atoms with Gasteiger partial charge in [0.15, 0.2) is 0 Å². The van der Waals surface area contributed by atoms with E-state index >= 15 is 0 Å². The summed E-state index contributed by atoms with van der Waals surface area (Å²) in [6, 6.07) is 0.523. The Morgan fingerprint density at radius 2 is 2.08 bits per heavy atom. The first-order valence-electron chi connectivity index (χ1n) is 4.86. The van der Waals surface area contributed by atoms with E-state index in [-0.39, 0.29) is 11.8 Å². The molecular formula is C10H19NO. The molecule has 0 aromatic carbocycles. The lowest BCUT2D eigenvalue weighted by Crippen LogP contribution is -2.40. The van der Waals surface area contributed by atoms with Gasteiger partial charge in [-0.15, -0.1) is 0 Å². The zero-order valence-electron chi connectivity index (χ0n) is 8.26. The molecule has 1 N–H and O–H groups in total. The fourth-order valence-corrected chi connectivity index (χ4v) is 1.44. The van der Waals surface area contributed by atoms with Gasteiger partial charge in [-0.05, 0) is 19.3 Å². The van der Waals surface area contributed by atoms with Crippen LogP contribution in [-0.4, -0.2) is 17.9 Å². The van der Waals surface area contributed by atoms with Crippen molar-refractivity contribution in [1.82, 2.24) is 5.32 Å². The van der Waals surface area contributed by atoms with Gasteiger partial charge in [0.05, 0.1) is 6.04 Å². The molecule has 70 valence electrons. The van der Waals surface area contributed by atoms with Crippen molar-refractivity contribution in [3.05, 3.63) is 0 Å². The van der Waals surface area contributed by atoms with Crippen LogP contribution in [0, 0.1) is 5.92 Å². The molecular weight excluding hydrogens is 150 g/mol. The maximum atomic E-state index is 11.2. The SMILES string of the molecule is CC(=O)[C@H](CC1CC1)NC(C)C. The number of rotatable bonds is 5. The molecule has 1 aliphatic rings. The minimum Gasteiger partial charge on any atom is -0.305 e. The van der Waals surface area contributed by atoms with Gasteiger partial charge in [-0.2, -0.15) is 0 Å². The lowest BCUT2D eigenvalue weighted by molar-refractivity contribution is -0.119. The molecule has 1 saturated carbocycles. The van der Waals surface area contributed by atoms with Gasteiger partial charge in [0.1, 0.15) is 5.78 Å². The summed E-state index contributed by atoms with van der Waals surface area (Å²) >= 11 is 0. The Labute approximate surface area is 74.7 Å². The summed E-state index contributed by atoms with van der Waals surface area (Å²) in [6.07, 6.45) is 3.70. The van der Waals surface area contributed by atoms with Crippen molar-refractivity contribution in [3.8, 4) is 0 Å². The molecule has 2 heteroatoms. The molecule has 2 nitrogen and oxygen atoms in total. The monoisotopic (exact) mass is 169 g/mol. The Morgan fingerprint density at radius 3 is 2.42 bits per heavy atom. The summed E-state index contributed by atoms with van der Waals surface area (Å²) in [5.41, 5.74) is 0. The quantitative estimate of drug-likeness (QED) is 0.679. The van der Waals surface area contributed by atoms with Crippen LogP contribution in [0.25, 0.3) is 0 Å². The lowest BCUT2D eigenvalue weighted by atomic mass is 10.1. The average Bonchev–Trinajstić information content (AvgIpc) is 2.68. The van der Waals surface area contributed by atoms with E-state index in [4.69, 9.17) is 0 Å². The Kier molecular flexibility index (Phi) is 3.27. The number of carbonyl (C=O) groups is 1. The lowest BCUT2D eigenvalue weighted by Gasteiger charge is -2.18. The molecule has 1 rings (SSSR count). The standard InChI is InChI=1S/C10H19NO/c1-7(2)11-10(8(3)12)6-9-4-5-9/h7,9-11H,4-6H2,1-3H3/t10-/m0/s1. The first-order chi connectivity index (χ1) is 5.59. The minimum atomic E-state index is 0.109. The number of nitrogens with one attached hydrogen (secondary N) is 1. The second kappa shape index (κ2) is 4.04. The van der Waals surface area contributed by atoms with Gasteiger partial charge in [-0.1, -0.05) is 26.7 Å². The third kappa shape index (κ3) is 3.35. The van der Waals surface area contributed by atoms with Crippen molar-refractivity contribution in [3.63, 3.8) is 0 Å². The zero-order chi connectivity index (χ0) is 9.14. The molecule has 1 aliphatic carbocycles. The van der Waals surface area contributed by atoms with Crippen LogP contribution in [0.4, 0.5) is 0 Å². The van der Waals surface area contributed by atoms with Crippen LogP contribution in [0.5, 0.6) is 0 Å². The van der Waals surface area contributed by atoms with Crippen molar-refractivity contribution in [2.45, 2.75) is 52.1 Å². The number of ketones is 1. The van der Waals surface area contributed by atoms with Gasteiger partial charge in [-0.3, -0.25) is 4.79 Å². The molecule has 0 heterocycles. The van der Waals surface area contributed by atoms with E-state index in [9.17, 15) is 4.79 Å². The topological polar surface area (TPSA) is 29.1 Å². The third-order valence-electron chi connectivity index (χ3n) is 2.29. The van der Waals surface area contributed by atoms with E-state index in [1.165, 1.54) is 12.8 Å². The second-order valence-electron chi connectivity index (χ2n) is 4.16. The van der Waals surface area contributed by atoms with E-state index < -0.39 is 0 Å². The van der Waals surface area contributed by atoms with E-state index in [2.05, 4.69) is 19.2 Å². The predicted molar refractivity (Wildman–Crippen MR) is 50.1 cm³/mol. The Balaban J connectivity index is 2.31. The van der Waals surface area contributed by atoms with Gasteiger partial charge < -0.3 is 5.32 Å². The Bertz CT molecular complexity index is 157. The van der Waals surface area contributed by atoms with E-state index in [0.717, 1.165) is 12.3 Å². The highest BCUT2D eigenvalue weighted by Crippen LogP contribution is 2.33. The van der Waals surface area contributed by atoms with Crippen molar-refractivity contribution in [2.75, 3.05) is 0 Å². The highest BCUT2D eigenvalue weighted by molar-refractivity contribution is 5.81. The number of Topliss-reactive ketones (excluding diaryl/α,β-unsaturated/α-hetero) is 1. The van der Waals surface area contributed by atoms with Crippen LogP contribution in [-0.2, 0) is 4.79 Å². The summed E-state index contributed by atoms with van der Waals surface area (Å²) in [6.45, 7) is 5.86. The maximum absolute atomic E-state index is 11.2. The summed E-state index contributed by atoms with van der Waals surface area (Å²) in [5.74, 6) is 1.11. The van der Waals surface area contributed by atoms with Gasteiger partial charge in [0.2, 0.25) is 0 Å². The van der Waals surface area contributed by atoms with Gasteiger partial charge in [-0.25, -0.2) is 0 Å². The van der Waals surface area contributed by atoms with Crippen LogP contribution in [0.3, 0.4) is 0 Å². The minimum absolute atomic E-state index is 0.109. The summed E-state index contributed by atoms with van der Waals surface area (Å²) in [4.78, 5) is 11.2. The summed E-state index contributed by atoms with van der Waals surface area (Å²) in [7, 11) is 0. The van der Waals surface area contributed by atoms with Crippen molar-refractivity contribution in [2.24, 2.45) is 5.92 Å². The molecule has 0 aliphatic heterocycles. The molecule has 12 heavy (non-hydrogen) atoms. The maximum Gasteiger partial charge on any atom is 0.146 e. The van der Waals surface area contributed by atoms with Crippen LogP contribution in [0.15, 0.2) is 0 Å². The molecule has 0 radical (unpaired) electrons. The molecule has 1 atom stereocenters. The molecule has 0 amide bonds. The molecule has 0 bridgehead atoms. The average molecular weight is 169 g/mol. The van der Waals surface area contributed by atoms with E-state index in [0.29, 0.717) is 6.04 Å². The number of hydrogen-bond acceptors (Lipinski definition) is 2. The highest BCUT2D eigenvalue weighted by atomic mass is 16.1. The Hall–Kier alpha value is -0.370. The third-order valence-corrected chi connectivity index (χ3v) is 2.29. The largest absolute Gasteiger partial charge is 0.305 e. The van der Waals surface area contributed by atoms with Crippen LogP contribution in [0.2, 0.25) is 0 Å². The molecule has 0 spiro atoms. The molecule has 0 aromatic heterocycles.